The average molecular weight is 813 g/mol. The molecule has 0 aromatic carbocycles. The van der Waals surface area contributed by atoms with E-state index in [1.165, 1.54) is 0 Å². The quantitative estimate of drug-likeness (QED) is 0.0203. The second kappa shape index (κ2) is 46.2. The molecule has 0 aromatic heterocycles. The van der Waals surface area contributed by atoms with E-state index in [4.69, 9.17) is 14.2 Å². The summed E-state index contributed by atoms with van der Waals surface area (Å²) in [6.07, 6.45) is 64.5. The maximum atomic E-state index is 12.7. The molecule has 0 aliphatic carbocycles. The van der Waals surface area contributed by atoms with Crippen molar-refractivity contribution < 1.29 is 28.6 Å². The van der Waals surface area contributed by atoms with E-state index in [1.54, 1.807) is 0 Å². The predicted octanol–water partition coefficient (Wildman–Crippen LogP) is 14.7. The van der Waals surface area contributed by atoms with Gasteiger partial charge < -0.3 is 14.2 Å². The molecule has 6 heteroatoms. The first-order valence-corrected chi connectivity index (χ1v) is 22.7. The molecule has 59 heavy (non-hydrogen) atoms. The summed E-state index contributed by atoms with van der Waals surface area (Å²) >= 11 is 0. The van der Waals surface area contributed by atoms with Crippen LogP contribution in [0.4, 0.5) is 0 Å². The molecule has 0 amide bonds. The summed E-state index contributed by atoms with van der Waals surface area (Å²) in [5, 5.41) is 0. The molecule has 0 heterocycles. The van der Waals surface area contributed by atoms with Crippen molar-refractivity contribution in [2.24, 2.45) is 0 Å². The van der Waals surface area contributed by atoms with Crippen LogP contribution in [0.2, 0.25) is 0 Å². The molecule has 0 aromatic rings. The van der Waals surface area contributed by atoms with Crippen LogP contribution in [0.5, 0.6) is 0 Å². The highest BCUT2D eigenvalue weighted by Gasteiger charge is 2.19. The van der Waals surface area contributed by atoms with Gasteiger partial charge in [-0.15, -0.1) is 0 Å². The largest absolute Gasteiger partial charge is 0.462 e. The Morgan fingerprint density at radius 1 is 0.356 bits per heavy atom. The molecule has 0 bridgehead atoms. The van der Waals surface area contributed by atoms with Crippen molar-refractivity contribution in [3.8, 4) is 0 Å². The van der Waals surface area contributed by atoms with Crippen molar-refractivity contribution >= 4 is 17.9 Å². The minimum Gasteiger partial charge on any atom is -0.462 e. The Bertz CT molecular complexity index is 1350. The number of allylic oxidation sites excluding steroid dienone is 22. The topological polar surface area (TPSA) is 78.9 Å². The molecule has 0 N–H and O–H groups in total. The Balaban J connectivity index is 4.52. The molecule has 0 spiro atoms. The van der Waals surface area contributed by atoms with Crippen LogP contribution in [0, 0.1) is 0 Å². The van der Waals surface area contributed by atoms with Crippen molar-refractivity contribution in [1.29, 1.82) is 0 Å². The molecule has 0 saturated heterocycles. The molecule has 0 rings (SSSR count). The van der Waals surface area contributed by atoms with E-state index >= 15 is 0 Å². The Morgan fingerprint density at radius 3 is 1.15 bits per heavy atom. The first kappa shape index (κ1) is 54.6. The van der Waals surface area contributed by atoms with E-state index in [-0.39, 0.29) is 37.5 Å². The summed E-state index contributed by atoms with van der Waals surface area (Å²) in [7, 11) is 0. The van der Waals surface area contributed by atoms with Crippen molar-refractivity contribution in [3.63, 3.8) is 0 Å². The lowest BCUT2D eigenvalue weighted by atomic mass is 10.1. The van der Waals surface area contributed by atoms with Crippen LogP contribution in [0.25, 0.3) is 0 Å². The van der Waals surface area contributed by atoms with Gasteiger partial charge in [0, 0.05) is 19.3 Å². The number of esters is 3. The maximum Gasteiger partial charge on any atom is 0.306 e. The fourth-order valence-corrected chi connectivity index (χ4v) is 5.40. The number of hydrogen-bond acceptors (Lipinski definition) is 6. The van der Waals surface area contributed by atoms with Gasteiger partial charge >= 0.3 is 17.9 Å². The Kier molecular flexibility index (Phi) is 42.8. The van der Waals surface area contributed by atoms with Crippen molar-refractivity contribution in [1.82, 2.24) is 0 Å². The highest BCUT2D eigenvalue weighted by Crippen LogP contribution is 2.10. The van der Waals surface area contributed by atoms with E-state index in [0.717, 1.165) is 109 Å². The van der Waals surface area contributed by atoms with E-state index in [9.17, 15) is 14.4 Å². The molecular formula is C53H80O6. The number of carbonyl (C=O) groups is 3. The van der Waals surface area contributed by atoms with E-state index in [0.29, 0.717) is 25.7 Å². The van der Waals surface area contributed by atoms with E-state index in [2.05, 4.69) is 118 Å². The van der Waals surface area contributed by atoms with Gasteiger partial charge in [-0.05, 0) is 109 Å². The zero-order valence-electron chi connectivity index (χ0n) is 37.2. The number of carbonyl (C=O) groups excluding carboxylic acids is 3. The zero-order valence-corrected chi connectivity index (χ0v) is 37.2. The highest BCUT2D eigenvalue weighted by atomic mass is 16.6. The van der Waals surface area contributed by atoms with Gasteiger partial charge in [0.1, 0.15) is 13.2 Å². The second-order valence-electron chi connectivity index (χ2n) is 14.3. The minimum atomic E-state index is -0.828. The molecule has 0 aliphatic rings. The number of rotatable bonds is 38. The van der Waals surface area contributed by atoms with Gasteiger partial charge in [0.2, 0.25) is 0 Å². The van der Waals surface area contributed by atoms with Crippen molar-refractivity contribution in [2.75, 3.05) is 13.2 Å². The third kappa shape index (κ3) is 44.5. The van der Waals surface area contributed by atoms with Crippen molar-refractivity contribution in [2.45, 2.75) is 168 Å². The summed E-state index contributed by atoms with van der Waals surface area (Å²) < 4.78 is 16.6. The first-order chi connectivity index (χ1) is 29.0. The molecular weight excluding hydrogens is 733 g/mol. The van der Waals surface area contributed by atoms with E-state index < -0.39 is 6.10 Å². The van der Waals surface area contributed by atoms with Crippen LogP contribution in [0.3, 0.4) is 0 Å². The summed E-state index contributed by atoms with van der Waals surface area (Å²) in [5.41, 5.74) is 0. The molecule has 0 aliphatic heterocycles. The van der Waals surface area contributed by atoms with Gasteiger partial charge in [-0.1, -0.05) is 167 Å². The lowest BCUT2D eigenvalue weighted by Gasteiger charge is -2.18. The summed E-state index contributed by atoms with van der Waals surface area (Å²) in [4.78, 5) is 37.7. The van der Waals surface area contributed by atoms with Crippen LogP contribution in [-0.4, -0.2) is 37.2 Å². The maximum absolute atomic E-state index is 12.7. The molecule has 1 atom stereocenters. The van der Waals surface area contributed by atoms with E-state index in [1.807, 2.05) is 36.5 Å². The molecule has 0 fully saturated rings. The van der Waals surface area contributed by atoms with Gasteiger partial charge in [-0.2, -0.15) is 0 Å². The number of unbranched alkanes of at least 4 members (excludes halogenated alkanes) is 8. The van der Waals surface area contributed by atoms with Gasteiger partial charge in [0.15, 0.2) is 6.10 Å². The minimum absolute atomic E-state index is 0.127. The normalized spacial score (nSPS) is 13.3. The van der Waals surface area contributed by atoms with Crippen LogP contribution in [-0.2, 0) is 28.6 Å². The summed E-state index contributed by atoms with van der Waals surface area (Å²) in [6, 6.07) is 0. The third-order valence-electron chi connectivity index (χ3n) is 8.73. The molecule has 1 unspecified atom stereocenters. The zero-order chi connectivity index (χ0) is 43.0. The number of hydrogen-bond donors (Lipinski definition) is 0. The van der Waals surface area contributed by atoms with Gasteiger partial charge in [0.05, 0.1) is 0 Å². The Labute approximate surface area is 360 Å². The second-order valence-corrected chi connectivity index (χ2v) is 14.3. The Morgan fingerprint density at radius 2 is 0.695 bits per heavy atom. The molecule has 328 valence electrons. The Hall–Kier alpha value is -4.45. The highest BCUT2D eigenvalue weighted by molar-refractivity contribution is 5.71. The molecule has 6 nitrogen and oxygen atoms in total. The van der Waals surface area contributed by atoms with Crippen LogP contribution < -0.4 is 0 Å². The van der Waals surface area contributed by atoms with Crippen LogP contribution >= 0.6 is 0 Å². The van der Waals surface area contributed by atoms with Gasteiger partial charge in [-0.3, -0.25) is 14.4 Å². The standard InChI is InChI=1S/C53H80O6/c1-4-7-10-13-16-19-21-23-24-25-26-27-28-30-31-34-37-40-43-46-52(55)58-49-50(48-57-51(54)45-42-39-36-33-18-15-12-9-6-3)59-53(56)47-44-41-38-35-32-29-22-20-17-14-11-8-5-2/h7-12,14,16-20,22-24,26-27,29-33,50H,4-6,13,15,21,25,28,34-49H2,1-3H3/b10-7-,11-8-,12-9-,17-14-,19-16-,22-20-,24-23-,27-26-,31-30-,32-29-,33-18-. The molecule has 0 radical (unpaired) electrons. The smallest absolute Gasteiger partial charge is 0.306 e. The summed E-state index contributed by atoms with van der Waals surface area (Å²) in [5.74, 6) is -1.05. The van der Waals surface area contributed by atoms with Crippen LogP contribution in [0.15, 0.2) is 134 Å². The van der Waals surface area contributed by atoms with Gasteiger partial charge in [0.25, 0.3) is 0 Å². The molecule has 0 saturated carbocycles. The lowest BCUT2D eigenvalue weighted by molar-refractivity contribution is -0.167. The summed E-state index contributed by atoms with van der Waals surface area (Å²) in [6.45, 7) is 6.12. The fourth-order valence-electron chi connectivity index (χ4n) is 5.40. The average Bonchev–Trinajstić information content (AvgIpc) is 3.23. The first-order valence-electron chi connectivity index (χ1n) is 22.7. The van der Waals surface area contributed by atoms with Crippen LogP contribution in [0.1, 0.15) is 162 Å². The van der Waals surface area contributed by atoms with Crippen molar-refractivity contribution in [3.05, 3.63) is 134 Å². The van der Waals surface area contributed by atoms with Gasteiger partial charge in [-0.25, -0.2) is 0 Å². The lowest BCUT2D eigenvalue weighted by Crippen LogP contribution is -2.30. The fraction of sp³-hybridized carbons (Fsp3) is 0.528. The third-order valence-corrected chi connectivity index (χ3v) is 8.73. The predicted molar refractivity (Wildman–Crippen MR) is 251 cm³/mol. The SMILES string of the molecule is CC\C=C/C=C\C=C/C=C\CCCCCC(=O)OC(COC(=O)CCCC/C=C\C/C=C\CC)COC(=O)CCCCC/C=C\C/C=C\C/C=C\C/C=C\C/C=C\CC. The number of ether oxygens (including phenoxy) is 3. The monoisotopic (exact) mass is 813 g/mol.